The first kappa shape index (κ1) is 20.1. The van der Waals surface area contributed by atoms with E-state index in [9.17, 15) is 4.79 Å². The van der Waals surface area contributed by atoms with Crippen molar-refractivity contribution in [1.29, 1.82) is 0 Å². The number of fused-ring (bicyclic) bond motifs is 1. The third kappa shape index (κ3) is 4.53. The van der Waals surface area contributed by atoms with Crippen LogP contribution in [0.4, 0.5) is 0 Å². The van der Waals surface area contributed by atoms with E-state index in [4.69, 9.17) is 9.26 Å². The molecule has 0 saturated carbocycles. The molecule has 1 aromatic heterocycles. The minimum Gasteiger partial charge on any atom is -0.481 e. The van der Waals surface area contributed by atoms with Gasteiger partial charge in [0.25, 0.3) is 5.91 Å². The van der Waals surface area contributed by atoms with Crippen molar-refractivity contribution < 1.29 is 14.1 Å². The Bertz CT molecular complexity index is 1000. The van der Waals surface area contributed by atoms with Crippen LogP contribution in [0, 0.1) is 0 Å². The fraction of sp³-hybridized carbons (Fsp3) is 0.375. The third-order valence-corrected chi connectivity index (χ3v) is 5.49. The Labute approximate surface area is 176 Å². The van der Waals surface area contributed by atoms with Crippen molar-refractivity contribution in [3.63, 3.8) is 0 Å². The van der Waals surface area contributed by atoms with Crippen LogP contribution in [0.5, 0.6) is 5.75 Å². The summed E-state index contributed by atoms with van der Waals surface area (Å²) in [5, 5.41) is 4.02. The molecule has 0 N–H and O–H groups in total. The van der Waals surface area contributed by atoms with Crippen molar-refractivity contribution in [3.05, 3.63) is 65.5 Å². The number of hydrogen-bond donors (Lipinski definition) is 0. The zero-order valence-electron chi connectivity index (χ0n) is 17.5. The summed E-state index contributed by atoms with van der Waals surface area (Å²) in [6.45, 7) is 2.19. The number of likely N-dealkylation sites (N-methyl/N-ethyl adjacent to an activating group) is 1. The van der Waals surface area contributed by atoms with Gasteiger partial charge >= 0.3 is 0 Å². The Morgan fingerprint density at radius 2 is 1.90 bits per heavy atom. The summed E-state index contributed by atoms with van der Waals surface area (Å²) in [7, 11) is 1.73. The molecule has 1 amide bonds. The number of carbonyl (C=O) groups excluding carboxylic acids is 1. The van der Waals surface area contributed by atoms with Crippen LogP contribution in [0.3, 0.4) is 0 Å². The Morgan fingerprint density at radius 3 is 2.67 bits per heavy atom. The normalized spacial score (nSPS) is 14.1. The number of benzene rings is 2. The van der Waals surface area contributed by atoms with E-state index in [1.54, 1.807) is 11.9 Å². The molecule has 2 aromatic carbocycles. The number of carbonyl (C=O) groups is 1. The zero-order valence-corrected chi connectivity index (χ0v) is 17.5. The van der Waals surface area contributed by atoms with E-state index in [2.05, 4.69) is 22.3 Å². The summed E-state index contributed by atoms with van der Waals surface area (Å²) in [5.41, 5.74) is 3.62. The maximum atomic E-state index is 13.0. The van der Waals surface area contributed by atoms with Gasteiger partial charge in [0.15, 0.2) is 6.10 Å². The van der Waals surface area contributed by atoms with Crippen LogP contribution in [0.15, 0.2) is 53.1 Å². The molecule has 0 fully saturated rings. The van der Waals surface area contributed by atoms with Crippen LogP contribution < -0.4 is 4.74 Å². The van der Waals surface area contributed by atoms with E-state index < -0.39 is 6.10 Å². The van der Waals surface area contributed by atoms with Gasteiger partial charge in [0.05, 0.1) is 6.54 Å². The van der Waals surface area contributed by atoms with E-state index in [1.165, 1.54) is 24.0 Å². The number of ether oxygens (including phenoxy) is 1. The van der Waals surface area contributed by atoms with Crippen LogP contribution >= 0.6 is 0 Å². The molecule has 0 unspecified atom stereocenters. The molecule has 1 aliphatic carbocycles. The summed E-state index contributed by atoms with van der Waals surface area (Å²) in [6.07, 6.45) is 4.70. The highest BCUT2D eigenvalue weighted by Gasteiger charge is 2.24. The third-order valence-electron chi connectivity index (χ3n) is 5.49. The topological polar surface area (TPSA) is 68.5 Å². The quantitative estimate of drug-likeness (QED) is 0.582. The lowest BCUT2D eigenvalue weighted by atomic mass is 9.92. The fourth-order valence-corrected chi connectivity index (χ4v) is 3.81. The number of rotatable bonds is 7. The first-order valence-electron chi connectivity index (χ1n) is 10.6. The molecule has 0 bridgehead atoms. The minimum atomic E-state index is -0.548. The van der Waals surface area contributed by atoms with Crippen molar-refractivity contribution in [2.45, 2.75) is 51.7 Å². The lowest BCUT2D eigenvalue weighted by Crippen LogP contribution is -2.39. The second-order valence-corrected chi connectivity index (χ2v) is 7.72. The minimum absolute atomic E-state index is 0.102. The van der Waals surface area contributed by atoms with Crippen LogP contribution in [0.25, 0.3) is 11.4 Å². The first-order valence-corrected chi connectivity index (χ1v) is 10.6. The van der Waals surface area contributed by atoms with E-state index >= 15 is 0 Å². The average Bonchev–Trinajstić information content (AvgIpc) is 3.26. The Morgan fingerprint density at radius 1 is 1.13 bits per heavy atom. The highest BCUT2D eigenvalue weighted by molar-refractivity contribution is 5.81. The highest BCUT2D eigenvalue weighted by Crippen LogP contribution is 2.26. The van der Waals surface area contributed by atoms with Crippen molar-refractivity contribution in [3.8, 4) is 17.1 Å². The molecule has 1 atom stereocenters. The SMILES string of the molecule is CC[C@@H](Oc1ccc2c(c1)CCCC2)C(=O)N(C)Cc1nc(-c2ccccc2)no1. The number of aryl methyl sites for hydroxylation is 2. The van der Waals surface area contributed by atoms with Gasteiger partial charge in [0.1, 0.15) is 5.75 Å². The smallest absolute Gasteiger partial charge is 0.263 e. The predicted octanol–water partition coefficient (Wildman–Crippen LogP) is 4.43. The van der Waals surface area contributed by atoms with Gasteiger partial charge in [-0.05, 0) is 55.4 Å². The largest absolute Gasteiger partial charge is 0.481 e. The van der Waals surface area contributed by atoms with Gasteiger partial charge in [-0.2, -0.15) is 4.98 Å². The summed E-state index contributed by atoms with van der Waals surface area (Å²) in [4.78, 5) is 18.9. The molecule has 156 valence electrons. The summed E-state index contributed by atoms with van der Waals surface area (Å²) in [5.74, 6) is 1.57. The molecular weight excluding hydrogens is 378 g/mol. The van der Waals surface area contributed by atoms with Gasteiger partial charge < -0.3 is 14.2 Å². The summed E-state index contributed by atoms with van der Waals surface area (Å²) >= 11 is 0. The number of nitrogens with zero attached hydrogens (tertiary/aromatic N) is 3. The molecular formula is C24H27N3O3. The van der Waals surface area contributed by atoms with Crippen molar-refractivity contribution in [1.82, 2.24) is 15.0 Å². The van der Waals surface area contributed by atoms with Crippen molar-refractivity contribution in [2.24, 2.45) is 0 Å². The molecule has 1 heterocycles. The molecule has 6 nitrogen and oxygen atoms in total. The number of amides is 1. The molecule has 0 radical (unpaired) electrons. The summed E-state index contributed by atoms with van der Waals surface area (Å²) < 4.78 is 11.4. The van der Waals surface area contributed by atoms with Gasteiger partial charge in [-0.25, -0.2) is 0 Å². The second kappa shape index (κ2) is 9.11. The fourth-order valence-electron chi connectivity index (χ4n) is 3.81. The molecule has 6 heteroatoms. The van der Waals surface area contributed by atoms with Crippen LogP contribution in [0.2, 0.25) is 0 Å². The Kier molecular flexibility index (Phi) is 6.12. The molecule has 4 rings (SSSR count). The van der Waals surface area contributed by atoms with Gasteiger partial charge in [-0.3, -0.25) is 4.79 Å². The van der Waals surface area contributed by atoms with E-state index in [1.807, 2.05) is 43.3 Å². The number of aromatic nitrogens is 2. The predicted molar refractivity (Wildman–Crippen MR) is 114 cm³/mol. The lowest BCUT2D eigenvalue weighted by Gasteiger charge is -2.24. The summed E-state index contributed by atoms with van der Waals surface area (Å²) in [6, 6.07) is 15.8. The first-order chi connectivity index (χ1) is 14.6. The van der Waals surface area contributed by atoms with Gasteiger partial charge in [-0.1, -0.05) is 48.5 Å². The average molecular weight is 405 g/mol. The molecule has 0 saturated heterocycles. The molecule has 1 aliphatic rings. The van der Waals surface area contributed by atoms with Gasteiger partial charge in [-0.15, -0.1) is 0 Å². The van der Waals surface area contributed by atoms with E-state index in [-0.39, 0.29) is 12.5 Å². The zero-order chi connectivity index (χ0) is 20.9. The Hall–Kier alpha value is -3.15. The van der Waals surface area contributed by atoms with E-state index in [0.29, 0.717) is 18.1 Å². The van der Waals surface area contributed by atoms with E-state index in [0.717, 1.165) is 24.2 Å². The maximum absolute atomic E-state index is 13.0. The Balaban J connectivity index is 1.40. The number of hydrogen-bond acceptors (Lipinski definition) is 5. The lowest BCUT2D eigenvalue weighted by molar-refractivity contribution is -0.138. The van der Waals surface area contributed by atoms with Crippen LogP contribution in [0.1, 0.15) is 43.2 Å². The highest BCUT2D eigenvalue weighted by atomic mass is 16.5. The van der Waals surface area contributed by atoms with Crippen LogP contribution in [-0.2, 0) is 24.2 Å². The molecule has 3 aromatic rings. The standard InChI is InChI=1S/C24H27N3O3/c1-3-21(29-20-14-13-17-9-7-8-12-19(17)15-20)24(28)27(2)16-22-25-23(26-30-22)18-10-5-4-6-11-18/h4-6,10-11,13-15,21H,3,7-9,12,16H2,1-2H3/t21-/m1/s1. The monoisotopic (exact) mass is 405 g/mol. The van der Waals surface area contributed by atoms with Crippen molar-refractivity contribution >= 4 is 5.91 Å². The second-order valence-electron chi connectivity index (χ2n) is 7.72. The van der Waals surface area contributed by atoms with Crippen LogP contribution in [-0.4, -0.2) is 34.1 Å². The van der Waals surface area contributed by atoms with Gasteiger partial charge in [0.2, 0.25) is 11.7 Å². The molecule has 0 aliphatic heterocycles. The van der Waals surface area contributed by atoms with Crippen molar-refractivity contribution in [2.75, 3.05) is 7.05 Å². The van der Waals surface area contributed by atoms with Gasteiger partial charge in [0, 0.05) is 12.6 Å². The molecule has 0 spiro atoms. The maximum Gasteiger partial charge on any atom is 0.263 e. The molecule has 30 heavy (non-hydrogen) atoms.